The summed E-state index contributed by atoms with van der Waals surface area (Å²) in [7, 11) is 0. The fourth-order valence-corrected chi connectivity index (χ4v) is 2.14. The van der Waals surface area contributed by atoms with Crippen molar-refractivity contribution in [3.05, 3.63) is 45.6 Å². The number of nitrogens with one attached hydrogen (secondary N) is 1. The molecule has 0 unspecified atom stereocenters. The van der Waals surface area contributed by atoms with E-state index < -0.39 is 6.18 Å². The molecule has 0 aromatic heterocycles. The minimum atomic E-state index is -4.27. The standard InChI is InChI=1S/C13H13F3INO/c14-13(15,16)9-11(17)7-4-8-18-12(19)10-5-2-1-3-6-10/h1-3,5-6,9H,4,7-8H2,(H,18,19). The summed E-state index contributed by atoms with van der Waals surface area (Å²) in [5.74, 6) is -0.213. The molecule has 0 aliphatic heterocycles. The summed E-state index contributed by atoms with van der Waals surface area (Å²) >= 11 is 1.66. The van der Waals surface area contributed by atoms with Crippen molar-refractivity contribution >= 4 is 28.5 Å². The van der Waals surface area contributed by atoms with Gasteiger partial charge in [-0.15, -0.1) is 0 Å². The molecule has 0 heterocycles. The number of rotatable bonds is 5. The van der Waals surface area contributed by atoms with Crippen molar-refractivity contribution in [2.45, 2.75) is 19.0 Å². The first-order valence-corrected chi connectivity index (χ1v) is 6.73. The molecule has 1 N–H and O–H groups in total. The van der Waals surface area contributed by atoms with Crippen LogP contribution in [0.3, 0.4) is 0 Å². The highest BCUT2D eigenvalue weighted by molar-refractivity contribution is 14.1. The van der Waals surface area contributed by atoms with Crippen LogP contribution in [0, 0.1) is 0 Å². The maximum absolute atomic E-state index is 12.0. The van der Waals surface area contributed by atoms with Gasteiger partial charge in [-0.3, -0.25) is 4.79 Å². The van der Waals surface area contributed by atoms with Crippen molar-refractivity contribution in [2.75, 3.05) is 6.54 Å². The first kappa shape index (κ1) is 16.0. The van der Waals surface area contributed by atoms with Gasteiger partial charge >= 0.3 is 6.18 Å². The van der Waals surface area contributed by atoms with E-state index in [1.165, 1.54) is 0 Å². The summed E-state index contributed by atoms with van der Waals surface area (Å²) < 4.78 is 36.3. The molecule has 104 valence electrons. The third-order valence-electron chi connectivity index (χ3n) is 2.23. The maximum Gasteiger partial charge on any atom is 0.410 e. The van der Waals surface area contributed by atoms with E-state index in [4.69, 9.17) is 0 Å². The SMILES string of the molecule is O=C(NCCCC(I)=CC(F)(F)F)c1ccccc1. The molecule has 0 atom stereocenters. The number of hydrogen-bond acceptors (Lipinski definition) is 1. The van der Waals surface area contributed by atoms with Gasteiger partial charge in [0.25, 0.3) is 5.91 Å². The fraction of sp³-hybridized carbons (Fsp3) is 0.308. The Balaban J connectivity index is 2.29. The Labute approximate surface area is 123 Å². The Morgan fingerprint density at radius 1 is 1.26 bits per heavy atom. The van der Waals surface area contributed by atoms with Crippen LogP contribution in [0.15, 0.2) is 40.0 Å². The number of alkyl halides is 3. The highest BCUT2D eigenvalue weighted by Gasteiger charge is 2.23. The van der Waals surface area contributed by atoms with Crippen LogP contribution in [0.2, 0.25) is 0 Å². The summed E-state index contributed by atoms with van der Waals surface area (Å²) in [5.41, 5.74) is 0.544. The van der Waals surface area contributed by atoms with Gasteiger partial charge in [0.1, 0.15) is 0 Å². The van der Waals surface area contributed by atoms with Gasteiger partial charge in [0.2, 0.25) is 0 Å². The zero-order valence-electron chi connectivity index (χ0n) is 10.0. The second-order valence-corrected chi connectivity index (χ2v) is 5.24. The molecule has 0 fully saturated rings. The second kappa shape index (κ2) is 7.52. The Morgan fingerprint density at radius 3 is 2.47 bits per heavy atom. The largest absolute Gasteiger partial charge is 0.410 e. The predicted octanol–water partition coefficient (Wildman–Crippen LogP) is 4.08. The molecule has 0 radical (unpaired) electrons. The molecule has 0 bridgehead atoms. The zero-order valence-corrected chi connectivity index (χ0v) is 12.2. The minimum Gasteiger partial charge on any atom is -0.352 e. The fourth-order valence-electron chi connectivity index (χ4n) is 1.40. The number of allylic oxidation sites excluding steroid dienone is 2. The molecule has 6 heteroatoms. The van der Waals surface area contributed by atoms with E-state index in [1.807, 2.05) is 0 Å². The van der Waals surface area contributed by atoms with Crippen molar-refractivity contribution in [1.82, 2.24) is 5.32 Å². The number of carbonyl (C=O) groups excluding carboxylic acids is 1. The third-order valence-corrected chi connectivity index (χ3v) is 3.08. The van der Waals surface area contributed by atoms with Gasteiger partial charge in [-0.1, -0.05) is 18.2 Å². The number of hydrogen-bond donors (Lipinski definition) is 1. The molecule has 1 rings (SSSR count). The molecular weight excluding hydrogens is 370 g/mol. The Bertz CT molecular complexity index is 443. The first-order chi connectivity index (χ1) is 8.88. The molecule has 1 amide bonds. The predicted molar refractivity (Wildman–Crippen MR) is 76.2 cm³/mol. The Morgan fingerprint density at radius 2 is 1.89 bits per heavy atom. The van der Waals surface area contributed by atoms with E-state index in [9.17, 15) is 18.0 Å². The van der Waals surface area contributed by atoms with Crippen molar-refractivity contribution in [3.8, 4) is 0 Å². The van der Waals surface area contributed by atoms with Crippen LogP contribution in [0.1, 0.15) is 23.2 Å². The molecule has 0 spiro atoms. The van der Waals surface area contributed by atoms with Gasteiger partial charge in [-0.2, -0.15) is 13.2 Å². The van der Waals surface area contributed by atoms with Crippen LogP contribution in [0.25, 0.3) is 0 Å². The van der Waals surface area contributed by atoms with Gasteiger partial charge in [-0.05, 0) is 51.1 Å². The zero-order chi connectivity index (χ0) is 14.3. The second-order valence-electron chi connectivity index (χ2n) is 3.86. The van der Waals surface area contributed by atoms with Crippen molar-refractivity contribution in [3.63, 3.8) is 0 Å². The lowest BCUT2D eigenvalue weighted by Gasteiger charge is -2.05. The van der Waals surface area contributed by atoms with Crippen LogP contribution in [-0.2, 0) is 0 Å². The van der Waals surface area contributed by atoms with Crippen LogP contribution < -0.4 is 5.32 Å². The number of halogens is 4. The van der Waals surface area contributed by atoms with Gasteiger partial charge in [0, 0.05) is 18.2 Å². The summed E-state index contributed by atoms with van der Waals surface area (Å²) in [5, 5.41) is 2.67. The molecule has 1 aromatic rings. The average Bonchev–Trinajstić information content (AvgIpc) is 2.33. The van der Waals surface area contributed by atoms with Crippen molar-refractivity contribution in [2.24, 2.45) is 0 Å². The molecule has 1 aromatic carbocycles. The Hall–Kier alpha value is -1.05. The molecular formula is C13H13F3INO. The summed E-state index contributed by atoms with van der Waals surface area (Å²) in [6, 6.07) is 8.68. The summed E-state index contributed by atoms with van der Waals surface area (Å²) in [6.07, 6.45) is -3.21. The summed E-state index contributed by atoms with van der Waals surface area (Å²) in [6.45, 7) is 0.353. The third kappa shape index (κ3) is 7.19. The van der Waals surface area contributed by atoms with E-state index in [-0.39, 0.29) is 15.6 Å². The molecule has 2 nitrogen and oxygen atoms in total. The number of benzene rings is 1. The van der Waals surface area contributed by atoms with E-state index in [2.05, 4.69) is 5.32 Å². The maximum atomic E-state index is 12.0. The quantitative estimate of drug-likeness (QED) is 0.603. The number of carbonyl (C=O) groups is 1. The van der Waals surface area contributed by atoms with E-state index in [1.54, 1.807) is 52.9 Å². The lowest BCUT2D eigenvalue weighted by molar-refractivity contribution is -0.0801. The normalized spacial score (nSPS) is 12.3. The average molecular weight is 383 g/mol. The van der Waals surface area contributed by atoms with Crippen molar-refractivity contribution < 1.29 is 18.0 Å². The lowest BCUT2D eigenvalue weighted by atomic mass is 10.2. The van der Waals surface area contributed by atoms with Crippen LogP contribution in [-0.4, -0.2) is 18.6 Å². The number of amides is 1. The summed E-state index contributed by atoms with van der Waals surface area (Å²) in [4.78, 5) is 11.6. The highest BCUT2D eigenvalue weighted by Crippen LogP contribution is 2.24. The highest BCUT2D eigenvalue weighted by atomic mass is 127. The molecule has 0 saturated carbocycles. The van der Waals surface area contributed by atoms with E-state index in [0.29, 0.717) is 24.9 Å². The van der Waals surface area contributed by atoms with Crippen LogP contribution >= 0.6 is 22.6 Å². The van der Waals surface area contributed by atoms with Gasteiger partial charge < -0.3 is 5.32 Å². The van der Waals surface area contributed by atoms with E-state index >= 15 is 0 Å². The molecule has 0 aliphatic carbocycles. The van der Waals surface area contributed by atoms with Gasteiger partial charge in [0.05, 0.1) is 0 Å². The van der Waals surface area contributed by atoms with Gasteiger partial charge in [0.15, 0.2) is 0 Å². The minimum absolute atomic E-state index is 0.213. The molecule has 19 heavy (non-hydrogen) atoms. The van der Waals surface area contributed by atoms with Crippen molar-refractivity contribution in [1.29, 1.82) is 0 Å². The molecule has 0 aliphatic rings. The molecule has 0 saturated heterocycles. The Kier molecular flexibility index (Phi) is 6.33. The first-order valence-electron chi connectivity index (χ1n) is 5.66. The topological polar surface area (TPSA) is 29.1 Å². The van der Waals surface area contributed by atoms with E-state index in [0.717, 1.165) is 0 Å². The smallest absolute Gasteiger partial charge is 0.352 e. The van der Waals surface area contributed by atoms with Crippen LogP contribution in [0.4, 0.5) is 13.2 Å². The monoisotopic (exact) mass is 383 g/mol. The van der Waals surface area contributed by atoms with Crippen LogP contribution in [0.5, 0.6) is 0 Å². The lowest BCUT2D eigenvalue weighted by Crippen LogP contribution is -2.24. The van der Waals surface area contributed by atoms with Gasteiger partial charge in [-0.25, -0.2) is 0 Å².